The van der Waals surface area contributed by atoms with Crippen molar-refractivity contribution >= 4 is 28.3 Å². The lowest BCUT2D eigenvalue weighted by atomic mass is 9.91. The highest BCUT2D eigenvalue weighted by molar-refractivity contribution is 7.16. The van der Waals surface area contributed by atoms with Gasteiger partial charge in [0.05, 0.1) is 11.9 Å². The summed E-state index contributed by atoms with van der Waals surface area (Å²) >= 11 is 1.49. The van der Waals surface area contributed by atoms with E-state index in [1.165, 1.54) is 21.8 Å². The number of aromatic nitrogens is 3. The van der Waals surface area contributed by atoms with E-state index in [-0.39, 0.29) is 0 Å². The Bertz CT molecular complexity index is 782. The summed E-state index contributed by atoms with van der Waals surface area (Å²) in [6.45, 7) is 1.19. The van der Waals surface area contributed by atoms with E-state index >= 15 is 0 Å². The molecule has 2 aliphatic rings. The normalized spacial score (nSPS) is 17.6. The van der Waals surface area contributed by atoms with Crippen molar-refractivity contribution in [1.29, 1.82) is 0 Å². The largest absolute Gasteiger partial charge is 0.334 e. The minimum absolute atomic E-state index is 0.405. The van der Waals surface area contributed by atoms with E-state index in [9.17, 15) is 9.59 Å². The molecule has 1 fully saturated rings. The highest BCUT2D eigenvalue weighted by Gasteiger charge is 2.29. The van der Waals surface area contributed by atoms with E-state index in [2.05, 4.69) is 15.4 Å². The fraction of sp³-hybridized carbons (Fsp3) is 0.529. The van der Waals surface area contributed by atoms with E-state index in [0.717, 1.165) is 37.8 Å². The van der Waals surface area contributed by atoms with Crippen LogP contribution in [0.2, 0.25) is 0 Å². The number of anilines is 1. The molecule has 1 aliphatic heterocycles. The molecule has 3 heterocycles. The van der Waals surface area contributed by atoms with Gasteiger partial charge in [0.25, 0.3) is 0 Å². The molecule has 2 amide bonds. The number of nitrogens with one attached hydrogen (secondary N) is 1. The third kappa shape index (κ3) is 3.30. The molecule has 0 bridgehead atoms. The Kier molecular flexibility index (Phi) is 4.29. The molecule has 1 saturated heterocycles. The highest BCUT2D eigenvalue weighted by atomic mass is 32.1. The van der Waals surface area contributed by atoms with Crippen LogP contribution in [-0.2, 0) is 29.5 Å². The first-order valence-corrected chi connectivity index (χ1v) is 9.49. The molecule has 1 N–H and O–H groups in total. The predicted molar refractivity (Wildman–Crippen MR) is 94.5 cm³/mol. The second-order valence-electron chi connectivity index (χ2n) is 6.71. The van der Waals surface area contributed by atoms with Crippen LogP contribution >= 0.6 is 11.3 Å². The van der Waals surface area contributed by atoms with Crippen LogP contribution in [0.25, 0.3) is 0 Å². The zero-order chi connectivity index (χ0) is 17.4. The summed E-state index contributed by atoms with van der Waals surface area (Å²) in [5.41, 5.74) is 2.28. The Balaban J connectivity index is 1.32. The quantitative estimate of drug-likeness (QED) is 0.828. The predicted octanol–water partition coefficient (Wildman–Crippen LogP) is 1.71. The molecule has 0 saturated carbocycles. The van der Waals surface area contributed by atoms with Gasteiger partial charge < -0.3 is 4.90 Å². The molecule has 8 heteroatoms. The van der Waals surface area contributed by atoms with Crippen molar-refractivity contribution in [3.8, 4) is 0 Å². The molecular formula is C17H21N5O2S. The number of hydrogen-bond acceptors (Lipinski definition) is 5. The molecular weight excluding hydrogens is 338 g/mol. The van der Waals surface area contributed by atoms with Gasteiger partial charge in [0, 0.05) is 31.2 Å². The third-order valence-corrected chi connectivity index (χ3v) is 6.06. The van der Waals surface area contributed by atoms with Crippen molar-refractivity contribution in [1.82, 2.24) is 19.7 Å². The molecule has 2 aromatic heterocycles. The van der Waals surface area contributed by atoms with Gasteiger partial charge >= 0.3 is 11.8 Å². The molecule has 1 aliphatic carbocycles. The van der Waals surface area contributed by atoms with Crippen molar-refractivity contribution in [3.63, 3.8) is 0 Å². The number of nitrogens with zero attached hydrogens (tertiary/aromatic N) is 4. The smallest absolute Gasteiger partial charge is 0.315 e. The number of amides is 2. The van der Waals surface area contributed by atoms with Gasteiger partial charge in [-0.15, -0.1) is 11.3 Å². The van der Waals surface area contributed by atoms with E-state index in [1.807, 2.05) is 19.4 Å². The molecule has 2 aromatic rings. The van der Waals surface area contributed by atoms with Crippen LogP contribution in [-0.4, -0.2) is 44.6 Å². The Morgan fingerprint density at radius 3 is 2.76 bits per heavy atom. The van der Waals surface area contributed by atoms with Crippen LogP contribution in [0.3, 0.4) is 0 Å². The van der Waals surface area contributed by atoms with Crippen molar-refractivity contribution in [3.05, 3.63) is 28.5 Å². The molecule has 132 valence electrons. The molecule has 7 nitrogen and oxygen atoms in total. The maximum atomic E-state index is 12.4. The number of aryl methyl sites for hydroxylation is 3. The number of piperidine rings is 1. The van der Waals surface area contributed by atoms with Crippen molar-refractivity contribution in [2.45, 2.75) is 38.0 Å². The van der Waals surface area contributed by atoms with E-state index in [4.69, 9.17) is 0 Å². The Labute approximate surface area is 150 Å². The van der Waals surface area contributed by atoms with Crippen LogP contribution in [0, 0.1) is 0 Å². The van der Waals surface area contributed by atoms with Gasteiger partial charge in [-0.3, -0.25) is 19.6 Å². The summed E-state index contributed by atoms with van der Waals surface area (Å²) in [6, 6.07) is 0. The van der Waals surface area contributed by atoms with Crippen LogP contribution in [0.4, 0.5) is 5.13 Å². The summed E-state index contributed by atoms with van der Waals surface area (Å²) in [5, 5.41) is 7.44. The molecule has 4 rings (SSSR count). The second kappa shape index (κ2) is 6.59. The highest BCUT2D eigenvalue weighted by Crippen LogP contribution is 2.31. The number of hydrogen-bond donors (Lipinski definition) is 1. The minimum Gasteiger partial charge on any atom is -0.334 e. The van der Waals surface area contributed by atoms with Crippen LogP contribution in [0.5, 0.6) is 0 Å². The van der Waals surface area contributed by atoms with Gasteiger partial charge in [-0.25, -0.2) is 4.98 Å². The maximum absolute atomic E-state index is 12.4. The molecule has 0 radical (unpaired) electrons. The lowest BCUT2D eigenvalue weighted by Gasteiger charge is -2.31. The van der Waals surface area contributed by atoms with E-state index in [1.54, 1.807) is 9.58 Å². The summed E-state index contributed by atoms with van der Waals surface area (Å²) in [4.78, 5) is 31.9. The number of fused-ring (bicyclic) bond motifs is 1. The molecule has 0 unspecified atom stereocenters. The second-order valence-corrected chi connectivity index (χ2v) is 7.79. The fourth-order valence-electron chi connectivity index (χ4n) is 3.60. The Hall–Kier alpha value is -2.22. The zero-order valence-electron chi connectivity index (χ0n) is 14.2. The number of thiazole rings is 1. The van der Waals surface area contributed by atoms with Gasteiger partial charge in [-0.2, -0.15) is 5.10 Å². The topological polar surface area (TPSA) is 80.1 Å². The first-order valence-electron chi connectivity index (χ1n) is 8.67. The monoisotopic (exact) mass is 359 g/mol. The standard InChI is InChI=1S/C17H21N5O2S/c1-21-10-12(9-18-21)11-5-7-22(8-6-11)16(24)15(23)20-17-19-13-3-2-4-14(13)25-17/h9-11H,2-8H2,1H3,(H,19,20,23). The zero-order valence-corrected chi connectivity index (χ0v) is 15.0. The van der Waals surface area contributed by atoms with Crippen molar-refractivity contribution < 1.29 is 9.59 Å². The van der Waals surface area contributed by atoms with Gasteiger partial charge in [-0.1, -0.05) is 0 Å². The molecule has 0 spiro atoms. The Morgan fingerprint density at radius 2 is 2.08 bits per heavy atom. The third-order valence-electron chi connectivity index (χ3n) is 4.99. The number of carbonyl (C=O) groups is 2. The summed E-state index contributed by atoms with van der Waals surface area (Å²) in [7, 11) is 1.90. The first kappa shape index (κ1) is 16.3. The number of carbonyl (C=O) groups excluding carboxylic acids is 2. The lowest BCUT2D eigenvalue weighted by Crippen LogP contribution is -2.43. The van der Waals surface area contributed by atoms with Crippen LogP contribution < -0.4 is 5.32 Å². The average molecular weight is 359 g/mol. The van der Waals surface area contributed by atoms with Crippen LogP contribution in [0.1, 0.15) is 41.3 Å². The van der Waals surface area contributed by atoms with Gasteiger partial charge in [0.2, 0.25) is 0 Å². The maximum Gasteiger partial charge on any atom is 0.315 e. The molecule has 0 aromatic carbocycles. The summed E-state index contributed by atoms with van der Waals surface area (Å²) in [6.07, 6.45) is 8.75. The van der Waals surface area contributed by atoms with Crippen molar-refractivity contribution in [2.75, 3.05) is 18.4 Å². The summed E-state index contributed by atoms with van der Waals surface area (Å²) < 4.78 is 1.80. The van der Waals surface area contributed by atoms with Gasteiger partial charge in [0.1, 0.15) is 0 Å². The van der Waals surface area contributed by atoms with Crippen LogP contribution in [0.15, 0.2) is 12.4 Å². The van der Waals surface area contributed by atoms with E-state index in [0.29, 0.717) is 24.1 Å². The van der Waals surface area contributed by atoms with Gasteiger partial charge in [-0.05, 0) is 43.6 Å². The average Bonchev–Trinajstić information content (AvgIpc) is 3.30. The Morgan fingerprint density at radius 1 is 1.28 bits per heavy atom. The minimum atomic E-state index is -0.577. The summed E-state index contributed by atoms with van der Waals surface area (Å²) in [5.74, 6) is -0.630. The van der Waals surface area contributed by atoms with Crippen molar-refractivity contribution in [2.24, 2.45) is 7.05 Å². The first-order chi connectivity index (χ1) is 12.1. The fourth-order valence-corrected chi connectivity index (χ4v) is 4.65. The van der Waals surface area contributed by atoms with E-state index < -0.39 is 11.8 Å². The van der Waals surface area contributed by atoms with Gasteiger partial charge in [0.15, 0.2) is 5.13 Å². The SMILES string of the molecule is Cn1cc(C2CCN(C(=O)C(=O)Nc3nc4c(s3)CCC4)CC2)cn1. The number of rotatable bonds is 2. The molecule has 0 atom stereocenters. The lowest BCUT2D eigenvalue weighted by molar-refractivity contribution is -0.143. The number of likely N-dealkylation sites (tertiary alicyclic amines) is 1. The molecule has 25 heavy (non-hydrogen) atoms.